The summed E-state index contributed by atoms with van der Waals surface area (Å²) in [5.74, 6) is 0. The van der Waals surface area contributed by atoms with E-state index in [0.29, 0.717) is 0 Å². The first-order chi connectivity index (χ1) is 9.88. The van der Waals surface area contributed by atoms with E-state index in [0.717, 1.165) is 11.3 Å². The second kappa shape index (κ2) is 5.70. The van der Waals surface area contributed by atoms with E-state index in [1.54, 1.807) is 5.56 Å². The Hall–Kier alpha value is -0.510. The minimum atomic E-state index is 0.780. The van der Waals surface area contributed by atoms with Crippen molar-refractivity contribution in [1.82, 2.24) is 9.80 Å². The summed E-state index contributed by atoms with van der Waals surface area (Å²) >= 11 is 2.10. The van der Waals surface area contributed by atoms with Crippen molar-refractivity contribution >= 4 is 11.8 Å². The average molecular weight is 288 g/mol. The van der Waals surface area contributed by atoms with Crippen molar-refractivity contribution in [3.05, 3.63) is 29.8 Å². The predicted octanol–water partition coefficient (Wildman–Crippen LogP) is 2.87. The van der Waals surface area contributed by atoms with Gasteiger partial charge in [-0.3, -0.25) is 9.80 Å². The standard InChI is InChI=1S/C17H24N2S/c1-2-7-17-14(5-1)11-16(20-17)13-18-9-10-19-8-4-3-6-15(19)12-18/h1-2,5,7,15-16H,3-4,6,8-13H2. The number of benzene rings is 1. The molecule has 0 spiro atoms. The summed E-state index contributed by atoms with van der Waals surface area (Å²) in [4.78, 5) is 6.99. The van der Waals surface area contributed by atoms with Crippen LogP contribution in [0.2, 0.25) is 0 Å². The van der Waals surface area contributed by atoms with Gasteiger partial charge in [-0.1, -0.05) is 24.6 Å². The molecule has 2 saturated heterocycles. The minimum Gasteiger partial charge on any atom is -0.299 e. The number of piperidine rings is 1. The van der Waals surface area contributed by atoms with E-state index in [2.05, 4.69) is 45.8 Å². The number of hydrogen-bond acceptors (Lipinski definition) is 3. The van der Waals surface area contributed by atoms with Crippen LogP contribution in [0.1, 0.15) is 24.8 Å². The van der Waals surface area contributed by atoms with Crippen LogP contribution in [0.3, 0.4) is 0 Å². The molecule has 3 heteroatoms. The number of hydrogen-bond donors (Lipinski definition) is 0. The Bertz CT molecular complexity index is 451. The van der Waals surface area contributed by atoms with Crippen molar-refractivity contribution in [2.24, 2.45) is 0 Å². The summed E-state index contributed by atoms with van der Waals surface area (Å²) in [7, 11) is 0. The number of thioether (sulfide) groups is 1. The van der Waals surface area contributed by atoms with Gasteiger partial charge in [0.15, 0.2) is 0 Å². The Balaban J connectivity index is 1.35. The normalized spacial score (nSPS) is 31.0. The molecule has 20 heavy (non-hydrogen) atoms. The zero-order valence-corrected chi connectivity index (χ0v) is 12.9. The van der Waals surface area contributed by atoms with Crippen LogP contribution in [-0.2, 0) is 6.42 Å². The molecule has 0 aromatic heterocycles. The molecule has 3 heterocycles. The van der Waals surface area contributed by atoms with Gasteiger partial charge >= 0.3 is 0 Å². The largest absolute Gasteiger partial charge is 0.299 e. The predicted molar refractivity (Wildman–Crippen MR) is 85.4 cm³/mol. The highest BCUT2D eigenvalue weighted by molar-refractivity contribution is 8.00. The summed E-state index contributed by atoms with van der Waals surface area (Å²) in [5, 5.41) is 0.780. The number of rotatable bonds is 2. The quantitative estimate of drug-likeness (QED) is 0.826. The molecule has 2 atom stereocenters. The van der Waals surface area contributed by atoms with E-state index in [9.17, 15) is 0 Å². The Morgan fingerprint density at radius 1 is 1.10 bits per heavy atom. The van der Waals surface area contributed by atoms with E-state index in [1.165, 1.54) is 63.3 Å². The Morgan fingerprint density at radius 2 is 2.05 bits per heavy atom. The number of fused-ring (bicyclic) bond motifs is 2. The smallest absolute Gasteiger partial charge is 0.0263 e. The van der Waals surface area contributed by atoms with Gasteiger partial charge in [-0.25, -0.2) is 0 Å². The van der Waals surface area contributed by atoms with Gasteiger partial charge in [0, 0.05) is 42.4 Å². The highest BCUT2D eigenvalue weighted by Gasteiger charge is 2.31. The zero-order valence-electron chi connectivity index (χ0n) is 12.1. The molecule has 0 N–H and O–H groups in total. The molecule has 1 aromatic carbocycles. The molecule has 3 aliphatic heterocycles. The third kappa shape index (κ3) is 2.63. The lowest BCUT2D eigenvalue weighted by molar-refractivity contribution is 0.0498. The van der Waals surface area contributed by atoms with Crippen LogP contribution in [0.5, 0.6) is 0 Å². The molecular formula is C17H24N2S. The minimum absolute atomic E-state index is 0.780. The Morgan fingerprint density at radius 3 is 3.00 bits per heavy atom. The number of piperazine rings is 1. The van der Waals surface area contributed by atoms with Crippen LogP contribution in [0.4, 0.5) is 0 Å². The molecule has 0 amide bonds. The molecule has 2 nitrogen and oxygen atoms in total. The van der Waals surface area contributed by atoms with Crippen molar-refractivity contribution in [1.29, 1.82) is 0 Å². The summed E-state index contributed by atoms with van der Waals surface area (Å²) in [5.41, 5.74) is 1.57. The maximum absolute atomic E-state index is 2.73. The second-order valence-corrected chi connectivity index (χ2v) is 7.84. The molecule has 108 valence electrons. The van der Waals surface area contributed by atoms with Gasteiger partial charge in [0.05, 0.1) is 0 Å². The van der Waals surface area contributed by atoms with Crippen molar-refractivity contribution in [2.45, 2.75) is 41.9 Å². The van der Waals surface area contributed by atoms with Gasteiger partial charge in [-0.15, -0.1) is 11.8 Å². The monoisotopic (exact) mass is 288 g/mol. The highest BCUT2D eigenvalue weighted by atomic mass is 32.2. The molecule has 0 aliphatic carbocycles. The maximum atomic E-state index is 2.73. The molecule has 0 radical (unpaired) electrons. The third-order valence-corrected chi connectivity index (χ3v) is 6.40. The van der Waals surface area contributed by atoms with E-state index in [4.69, 9.17) is 0 Å². The highest BCUT2D eigenvalue weighted by Crippen LogP contribution is 2.37. The van der Waals surface area contributed by atoms with E-state index in [1.807, 2.05) is 0 Å². The molecular weight excluding hydrogens is 264 g/mol. The fourth-order valence-corrected chi connectivity index (χ4v) is 5.40. The van der Waals surface area contributed by atoms with Crippen LogP contribution in [0, 0.1) is 0 Å². The van der Waals surface area contributed by atoms with Crippen LogP contribution in [-0.4, -0.2) is 53.8 Å². The van der Waals surface area contributed by atoms with E-state index >= 15 is 0 Å². The first-order valence-corrected chi connectivity index (χ1v) is 8.97. The Labute approximate surface area is 126 Å². The molecule has 0 saturated carbocycles. The third-order valence-electron chi connectivity index (χ3n) is 5.10. The van der Waals surface area contributed by atoms with Crippen molar-refractivity contribution < 1.29 is 0 Å². The molecule has 0 bridgehead atoms. The SMILES string of the molecule is c1ccc2c(c1)CC(CN1CCN3CCCCC3C1)S2. The second-order valence-electron chi connectivity index (χ2n) is 6.50. The number of nitrogens with zero attached hydrogens (tertiary/aromatic N) is 2. The van der Waals surface area contributed by atoms with E-state index in [-0.39, 0.29) is 0 Å². The molecule has 4 rings (SSSR count). The summed E-state index contributed by atoms with van der Waals surface area (Å²) in [6.07, 6.45) is 5.56. The van der Waals surface area contributed by atoms with Gasteiger partial charge in [-0.05, 0) is 37.4 Å². The lowest BCUT2D eigenvalue weighted by atomic mass is 9.99. The van der Waals surface area contributed by atoms with Crippen molar-refractivity contribution in [2.75, 3.05) is 32.7 Å². The van der Waals surface area contributed by atoms with Crippen LogP contribution >= 0.6 is 11.8 Å². The van der Waals surface area contributed by atoms with Crippen LogP contribution in [0.15, 0.2) is 29.2 Å². The first-order valence-electron chi connectivity index (χ1n) is 8.09. The van der Waals surface area contributed by atoms with Gasteiger partial charge in [0.1, 0.15) is 0 Å². The fraction of sp³-hybridized carbons (Fsp3) is 0.647. The fourth-order valence-electron chi connectivity index (χ4n) is 4.03. The average Bonchev–Trinajstić information content (AvgIpc) is 2.89. The van der Waals surface area contributed by atoms with E-state index < -0.39 is 0 Å². The summed E-state index contributed by atoms with van der Waals surface area (Å²) in [6.45, 7) is 6.53. The van der Waals surface area contributed by atoms with Gasteiger partial charge < -0.3 is 0 Å². The maximum Gasteiger partial charge on any atom is 0.0263 e. The van der Waals surface area contributed by atoms with Gasteiger partial charge in [0.2, 0.25) is 0 Å². The van der Waals surface area contributed by atoms with Gasteiger partial charge in [0.25, 0.3) is 0 Å². The zero-order chi connectivity index (χ0) is 13.4. The van der Waals surface area contributed by atoms with Crippen molar-refractivity contribution in [3.63, 3.8) is 0 Å². The van der Waals surface area contributed by atoms with Crippen molar-refractivity contribution in [3.8, 4) is 0 Å². The molecule has 1 aromatic rings. The Kier molecular flexibility index (Phi) is 3.76. The summed E-state index contributed by atoms with van der Waals surface area (Å²) in [6, 6.07) is 9.81. The lowest BCUT2D eigenvalue weighted by Gasteiger charge is -2.44. The summed E-state index contributed by atoms with van der Waals surface area (Å²) < 4.78 is 0. The van der Waals surface area contributed by atoms with Crippen LogP contribution < -0.4 is 0 Å². The first kappa shape index (κ1) is 13.2. The lowest BCUT2D eigenvalue weighted by Crippen LogP contribution is -2.55. The molecule has 3 aliphatic rings. The van der Waals surface area contributed by atoms with Crippen LogP contribution in [0.25, 0.3) is 0 Å². The molecule has 2 unspecified atom stereocenters. The topological polar surface area (TPSA) is 6.48 Å². The van der Waals surface area contributed by atoms with Gasteiger partial charge in [-0.2, -0.15) is 0 Å². The molecule has 2 fully saturated rings.